The van der Waals surface area contributed by atoms with E-state index >= 15 is 0 Å². The fraction of sp³-hybridized carbons (Fsp3) is 0.0909. The second kappa shape index (κ2) is 4.40. The molecule has 16 heavy (non-hydrogen) atoms. The Labute approximate surface area is 96.0 Å². The molecule has 0 bridgehead atoms. The van der Waals surface area contributed by atoms with Crippen molar-refractivity contribution in [2.45, 2.75) is 6.92 Å². The maximum atomic E-state index is 12.5. The van der Waals surface area contributed by atoms with E-state index in [-0.39, 0.29) is 5.91 Å². The third-order valence-electron chi connectivity index (χ3n) is 2.05. The zero-order chi connectivity index (χ0) is 11.5. The van der Waals surface area contributed by atoms with Crippen LogP contribution in [0.5, 0.6) is 0 Å². The van der Waals surface area contributed by atoms with Gasteiger partial charge in [0.15, 0.2) is 0 Å². The Bertz CT molecular complexity index is 507. The lowest BCUT2D eigenvalue weighted by Gasteiger charge is -2.03. The topological polar surface area (TPSA) is 42.0 Å². The molecule has 2 aromatic heterocycles. The molecule has 2 heterocycles. The minimum atomic E-state index is -0.565. The lowest BCUT2D eigenvalue weighted by molar-refractivity contribution is 0.103. The molecule has 0 aliphatic rings. The smallest absolute Gasteiger partial charge is 0.266 e. The molecule has 2 aromatic rings. The minimum Gasteiger partial charge on any atom is -0.320 e. The average molecular weight is 236 g/mol. The maximum absolute atomic E-state index is 12.5. The average Bonchev–Trinajstić information content (AvgIpc) is 2.68. The Balaban J connectivity index is 2.14. The zero-order valence-corrected chi connectivity index (χ0v) is 9.34. The second-order valence-corrected chi connectivity index (χ2v) is 4.17. The number of hydrogen-bond acceptors (Lipinski definition) is 3. The molecule has 0 atom stereocenters. The monoisotopic (exact) mass is 236 g/mol. The van der Waals surface area contributed by atoms with Crippen LogP contribution in [0.3, 0.4) is 0 Å². The van der Waals surface area contributed by atoms with Gasteiger partial charge in [0, 0.05) is 0 Å². The van der Waals surface area contributed by atoms with E-state index in [0.717, 1.165) is 5.56 Å². The molecule has 82 valence electrons. The van der Waals surface area contributed by atoms with E-state index < -0.39 is 5.95 Å². The summed E-state index contributed by atoms with van der Waals surface area (Å²) in [5.74, 6) is -0.758. The molecule has 1 N–H and O–H groups in total. The van der Waals surface area contributed by atoms with Crippen molar-refractivity contribution < 1.29 is 9.18 Å². The van der Waals surface area contributed by atoms with Crippen molar-refractivity contribution in [1.29, 1.82) is 0 Å². The Morgan fingerprint density at radius 3 is 2.81 bits per heavy atom. The van der Waals surface area contributed by atoms with Gasteiger partial charge in [0.1, 0.15) is 0 Å². The van der Waals surface area contributed by atoms with Gasteiger partial charge in [0.05, 0.1) is 16.8 Å². The Morgan fingerprint density at radius 1 is 1.44 bits per heavy atom. The number of nitrogens with one attached hydrogen (secondary N) is 1. The number of aryl methyl sites for hydroxylation is 1. The Morgan fingerprint density at radius 2 is 2.25 bits per heavy atom. The number of hydrogen-bond donors (Lipinski definition) is 1. The van der Waals surface area contributed by atoms with Gasteiger partial charge in [-0.3, -0.25) is 4.79 Å². The van der Waals surface area contributed by atoms with Crippen LogP contribution >= 0.6 is 11.3 Å². The van der Waals surface area contributed by atoms with Crippen molar-refractivity contribution in [3.63, 3.8) is 0 Å². The minimum absolute atomic E-state index is 0.194. The number of aromatic nitrogens is 1. The number of thiophene rings is 1. The van der Waals surface area contributed by atoms with E-state index in [1.54, 1.807) is 0 Å². The van der Waals surface area contributed by atoms with Crippen LogP contribution in [0.1, 0.15) is 15.2 Å². The summed E-state index contributed by atoms with van der Waals surface area (Å²) in [5, 5.41) is 4.51. The summed E-state index contributed by atoms with van der Waals surface area (Å²) >= 11 is 1.37. The molecule has 3 nitrogen and oxygen atoms in total. The molecule has 0 saturated heterocycles. The quantitative estimate of drug-likeness (QED) is 0.815. The molecular formula is C11H9FN2OS. The number of anilines is 1. The molecule has 5 heteroatoms. The largest absolute Gasteiger partial charge is 0.320 e. The number of carbonyl (C=O) groups excluding carboxylic acids is 1. The molecule has 0 saturated carbocycles. The van der Waals surface area contributed by atoms with Crippen molar-refractivity contribution in [3.8, 4) is 0 Å². The molecule has 0 fully saturated rings. The molecule has 0 radical (unpaired) electrons. The molecule has 0 unspecified atom stereocenters. The first-order chi connectivity index (χ1) is 7.66. The van der Waals surface area contributed by atoms with Crippen molar-refractivity contribution in [3.05, 3.63) is 46.2 Å². The predicted molar refractivity (Wildman–Crippen MR) is 61.2 cm³/mol. The number of nitrogens with zero attached hydrogens (tertiary/aromatic N) is 1. The van der Waals surface area contributed by atoms with Crippen LogP contribution < -0.4 is 5.32 Å². The third-order valence-corrected chi connectivity index (χ3v) is 3.07. The van der Waals surface area contributed by atoms with Crippen molar-refractivity contribution in [2.24, 2.45) is 0 Å². The molecule has 2 rings (SSSR count). The summed E-state index contributed by atoms with van der Waals surface area (Å²) in [7, 11) is 0. The first-order valence-corrected chi connectivity index (χ1v) is 5.52. The van der Waals surface area contributed by atoms with Gasteiger partial charge in [-0.05, 0) is 36.1 Å². The third kappa shape index (κ3) is 2.25. The highest BCUT2D eigenvalue weighted by atomic mass is 32.1. The van der Waals surface area contributed by atoms with E-state index in [0.29, 0.717) is 10.6 Å². The van der Waals surface area contributed by atoms with Crippen molar-refractivity contribution >= 4 is 22.9 Å². The highest BCUT2D eigenvalue weighted by Crippen LogP contribution is 2.17. The molecule has 0 aliphatic heterocycles. The number of halogens is 1. The van der Waals surface area contributed by atoms with Crippen LogP contribution in [-0.4, -0.2) is 10.9 Å². The van der Waals surface area contributed by atoms with Crippen LogP contribution in [-0.2, 0) is 0 Å². The van der Waals surface area contributed by atoms with Gasteiger partial charge in [-0.25, -0.2) is 4.98 Å². The molecular weight excluding hydrogens is 227 g/mol. The van der Waals surface area contributed by atoms with E-state index in [1.807, 2.05) is 18.4 Å². The first kappa shape index (κ1) is 10.8. The summed E-state index contributed by atoms with van der Waals surface area (Å²) in [6.45, 7) is 1.87. The van der Waals surface area contributed by atoms with Gasteiger partial charge in [-0.2, -0.15) is 4.39 Å². The summed E-state index contributed by atoms with van der Waals surface area (Å²) < 4.78 is 12.5. The predicted octanol–water partition coefficient (Wildman–Crippen LogP) is 2.84. The van der Waals surface area contributed by atoms with Gasteiger partial charge < -0.3 is 5.32 Å². The highest BCUT2D eigenvalue weighted by Gasteiger charge is 2.10. The fourth-order valence-corrected chi connectivity index (χ4v) is 2.06. The lowest BCUT2D eigenvalue weighted by atomic mass is 10.3. The van der Waals surface area contributed by atoms with Crippen molar-refractivity contribution in [1.82, 2.24) is 4.98 Å². The number of amides is 1. The standard InChI is InChI=1S/C11H9FN2OS/c1-7-4-5-16-10(7)11(15)14-8-2-3-9(12)13-6-8/h2-6H,1H3,(H,14,15). The van der Waals surface area contributed by atoms with E-state index in [1.165, 1.54) is 29.7 Å². The van der Waals surface area contributed by atoms with Crippen LogP contribution in [0.15, 0.2) is 29.8 Å². The fourth-order valence-electron chi connectivity index (χ4n) is 1.24. The SMILES string of the molecule is Cc1ccsc1C(=O)Nc1ccc(F)nc1. The van der Waals surface area contributed by atoms with Crippen molar-refractivity contribution in [2.75, 3.05) is 5.32 Å². The van der Waals surface area contributed by atoms with E-state index in [9.17, 15) is 9.18 Å². The summed E-state index contributed by atoms with van der Waals surface area (Å²) in [6, 6.07) is 4.56. The normalized spacial score (nSPS) is 10.1. The van der Waals surface area contributed by atoms with Crippen LogP contribution in [0.2, 0.25) is 0 Å². The van der Waals surface area contributed by atoms with E-state index in [4.69, 9.17) is 0 Å². The van der Waals surface area contributed by atoms with Gasteiger partial charge in [-0.15, -0.1) is 11.3 Å². The number of rotatable bonds is 2. The summed E-state index contributed by atoms with van der Waals surface area (Å²) in [6.07, 6.45) is 1.29. The lowest BCUT2D eigenvalue weighted by Crippen LogP contribution is -2.11. The second-order valence-electron chi connectivity index (χ2n) is 3.26. The Hall–Kier alpha value is -1.75. The van der Waals surface area contributed by atoms with Crippen LogP contribution in [0.4, 0.5) is 10.1 Å². The highest BCUT2D eigenvalue weighted by molar-refractivity contribution is 7.12. The molecule has 0 aliphatic carbocycles. The molecule has 0 spiro atoms. The van der Waals surface area contributed by atoms with Crippen LogP contribution in [0, 0.1) is 12.9 Å². The Kier molecular flexibility index (Phi) is 2.96. The van der Waals surface area contributed by atoms with Crippen LogP contribution in [0.25, 0.3) is 0 Å². The number of pyridine rings is 1. The van der Waals surface area contributed by atoms with Gasteiger partial charge in [-0.1, -0.05) is 0 Å². The van der Waals surface area contributed by atoms with Gasteiger partial charge in [0.25, 0.3) is 5.91 Å². The molecule has 1 amide bonds. The summed E-state index contributed by atoms with van der Waals surface area (Å²) in [4.78, 5) is 15.9. The maximum Gasteiger partial charge on any atom is 0.266 e. The summed E-state index contributed by atoms with van der Waals surface area (Å²) in [5.41, 5.74) is 1.41. The first-order valence-electron chi connectivity index (χ1n) is 4.64. The number of carbonyl (C=O) groups is 1. The van der Waals surface area contributed by atoms with Gasteiger partial charge >= 0.3 is 0 Å². The van der Waals surface area contributed by atoms with Gasteiger partial charge in [0.2, 0.25) is 5.95 Å². The zero-order valence-electron chi connectivity index (χ0n) is 8.53. The molecule has 0 aromatic carbocycles. The van der Waals surface area contributed by atoms with E-state index in [2.05, 4.69) is 10.3 Å².